The van der Waals surface area contributed by atoms with Crippen molar-refractivity contribution >= 4 is 0 Å². The summed E-state index contributed by atoms with van der Waals surface area (Å²) in [6.07, 6.45) is -2.73. The van der Waals surface area contributed by atoms with Crippen LogP contribution in [0.15, 0.2) is 24.3 Å². The first-order chi connectivity index (χ1) is 9.26. The van der Waals surface area contributed by atoms with Gasteiger partial charge in [0, 0.05) is 6.04 Å². The van der Waals surface area contributed by atoms with E-state index in [4.69, 9.17) is 0 Å². The molecule has 5 heteroatoms. The Morgan fingerprint density at radius 2 is 1.70 bits per heavy atom. The van der Waals surface area contributed by atoms with Gasteiger partial charge in [0.2, 0.25) is 0 Å². The van der Waals surface area contributed by atoms with Crippen LogP contribution in [-0.4, -0.2) is 18.9 Å². The molecule has 1 unspecified atom stereocenters. The van der Waals surface area contributed by atoms with Crippen LogP contribution < -0.4 is 10.1 Å². The second-order valence-electron chi connectivity index (χ2n) is 5.40. The van der Waals surface area contributed by atoms with E-state index >= 15 is 0 Å². The number of alkyl halides is 3. The summed E-state index contributed by atoms with van der Waals surface area (Å²) in [7, 11) is 0. The van der Waals surface area contributed by atoms with E-state index in [0.29, 0.717) is 12.0 Å². The van der Waals surface area contributed by atoms with Crippen molar-refractivity contribution in [2.45, 2.75) is 46.0 Å². The number of rotatable bonds is 7. The van der Waals surface area contributed by atoms with E-state index in [-0.39, 0.29) is 5.75 Å². The number of hydrogen-bond acceptors (Lipinski definition) is 2. The average molecular weight is 289 g/mol. The van der Waals surface area contributed by atoms with E-state index in [2.05, 4.69) is 30.8 Å². The average Bonchev–Trinajstić information content (AvgIpc) is 2.29. The number of ether oxygens (including phenoxy) is 1. The van der Waals surface area contributed by atoms with Crippen molar-refractivity contribution in [1.82, 2.24) is 5.32 Å². The molecule has 1 rings (SSSR count). The van der Waals surface area contributed by atoms with Crippen LogP contribution in [0.5, 0.6) is 5.75 Å². The maximum absolute atomic E-state index is 12.0. The van der Waals surface area contributed by atoms with Crippen molar-refractivity contribution in [3.05, 3.63) is 29.8 Å². The Bertz CT molecular complexity index is 387. The smallest absolute Gasteiger partial charge is 0.406 e. The normalized spacial score (nSPS) is 13.6. The van der Waals surface area contributed by atoms with Crippen LogP contribution in [0.4, 0.5) is 13.2 Å². The fraction of sp³-hybridized carbons (Fsp3) is 0.600. The Labute approximate surface area is 118 Å². The van der Waals surface area contributed by atoms with Gasteiger partial charge in [0.05, 0.1) is 0 Å². The van der Waals surface area contributed by atoms with E-state index < -0.39 is 6.36 Å². The van der Waals surface area contributed by atoms with Crippen LogP contribution >= 0.6 is 0 Å². The molecule has 1 aromatic rings. The third-order valence-electron chi connectivity index (χ3n) is 2.93. The van der Waals surface area contributed by atoms with Crippen molar-refractivity contribution in [2.24, 2.45) is 5.92 Å². The van der Waals surface area contributed by atoms with Crippen LogP contribution in [0, 0.1) is 5.92 Å². The summed E-state index contributed by atoms with van der Waals surface area (Å²) >= 11 is 0. The van der Waals surface area contributed by atoms with E-state index in [1.807, 2.05) is 0 Å². The Morgan fingerprint density at radius 3 is 2.20 bits per heavy atom. The molecule has 0 radical (unpaired) electrons. The SMILES string of the molecule is CC(CCNC(C)C)Cc1ccc(OC(F)(F)F)cc1. The zero-order valence-corrected chi connectivity index (χ0v) is 12.1. The van der Waals surface area contributed by atoms with Crippen LogP contribution in [0.1, 0.15) is 32.8 Å². The van der Waals surface area contributed by atoms with Crippen LogP contribution in [0.3, 0.4) is 0 Å². The molecule has 0 spiro atoms. The molecule has 0 aliphatic carbocycles. The lowest BCUT2D eigenvalue weighted by Crippen LogP contribution is -2.25. The molecule has 2 nitrogen and oxygen atoms in total. The summed E-state index contributed by atoms with van der Waals surface area (Å²) in [4.78, 5) is 0. The third-order valence-corrected chi connectivity index (χ3v) is 2.93. The Hall–Kier alpha value is -1.23. The van der Waals surface area contributed by atoms with Crippen LogP contribution in [-0.2, 0) is 6.42 Å². The highest BCUT2D eigenvalue weighted by Crippen LogP contribution is 2.23. The minimum Gasteiger partial charge on any atom is -0.406 e. The van der Waals surface area contributed by atoms with Gasteiger partial charge in [0.15, 0.2) is 0 Å². The zero-order valence-electron chi connectivity index (χ0n) is 12.1. The predicted molar refractivity (Wildman–Crippen MR) is 73.7 cm³/mol. The molecule has 0 fully saturated rings. The summed E-state index contributed by atoms with van der Waals surface area (Å²) in [5.41, 5.74) is 1.02. The fourth-order valence-electron chi connectivity index (χ4n) is 1.95. The topological polar surface area (TPSA) is 21.3 Å². The molecular weight excluding hydrogens is 267 g/mol. The van der Waals surface area contributed by atoms with Gasteiger partial charge in [-0.15, -0.1) is 13.2 Å². The Balaban J connectivity index is 2.41. The molecule has 114 valence electrons. The molecule has 0 heterocycles. The summed E-state index contributed by atoms with van der Waals surface area (Å²) < 4.78 is 39.9. The molecule has 0 bridgehead atoms. The first kappa shape index (κ1) is 16.8. The highest BCUT2D eigenvalue weighted by atomic mass is 19.4. The number of nitrogens with one attached hydrogen (secondary N) is 1. The third kappa shape index (κ3) is 7.38. The monoisotopic (exact) mass is 289 g/mol. The number of hydrogen-bond donors (Lipinski definition) is 1. The summed E-state index contributed by atoms with van der Waals surface area (Å²) in [5, 5.41) is 3.35. The second-order valence-corrected chi connectivity index (χ2v) is 5.40. The summed E-state index contributed by atoms with van der Waals surface area (Å²) in [5.74, 6) is 0.311. The fourth-order valence-corrected chi connectivity index (χ4v) is 1.95. The van der Waals surface area contributed by atoms with Crippen LogP contribution in [0.25, 0.3) is 0 Å². The van der Waals surface area contributed by atoms with E-state index in [9.17, 15) is 13.2 Å². The van der Waals surface area contributed by atoms with E-state index in [1.54, 1.807) is 12.1 Å². The first-order valence-electron chi connectivity index (χ1n) is 6.84. The van der Waals surface area contributed by atoms with Crippen LogP contribution in [0.2, 0.25) is 0 Å². The maximum atomic E-state index is 12.0. The highest BCUT2D eigenvalue weighted by Gasteiger charge is 2.30. The van der Waals surface area contributed by atoms with Crippen molar-refractivity contribution in [2.75, 3.05) is 6.54 Å². The largest absolute Gasteiger partial charge is 0.573 e. The van der Waals surface area contributed by atoms with Gasteiger partial charge in [0.1, 0.15) is 5.75 Å². The van der Waals surface area contributed by atoms with Gasteiger partial charge in [-0.25, -0.2) is 0 Å². The molecule has 0 saturated carbocycles. The lowest BCUT2D eigenvalue weighted by molar-refractivity contribution is -0.274. The van der Waals surface area contributed by atoms with Crippen molar-refractivity contribution < 1.29 is 17.9 Å². The van der Waals surface area contributed by atoms with Crippen molar-refractivity contribution in [1.29, 1.82) is 0 Å². The molecule has 0 aromatic heterocycles. The van der Waals surface area contributed by atoms with Gasteiger partial charge in [0.25, 0.3) is 0 Å². The molecule has 0 amide bonds. The lowest BCUT2D eigenvalue weighted by atomic mass is 9.98. The number of benzene rings is 1. The molecular formula is C15H22F3NO. The van der Waals surface area contributed by atoms with E-state index in [1.165, 1.54) is 12.1 Å². The first-order valence-corrected chi connectivity index (χ1v) is 6.84. The summed E-state index contributed by atoms with van der Waals surface area (Å²) in [6, 6.07) is 6.58. The lowest BCUT2D eigenvalue weighted by Gasteiger charge is -2.14. The predicted octanol–water partition coefficient (Wildman–Crippen LogP) is 4.15. The van der Waals surface area contributed by atoms with Crippen molar-refractivity contribution in [3.63, 3.8) is 0 Å². The zero-order chi connectivity index (χ0) is 15.2. The highest BCUT2D eigenvalue weighted by molar-refractivity contribution is 5.27. The quantitative estimate of drug-likeness (QED) is 0.814. The minimum atomic E-state index is -4.63. The number of halogens is 3. The Kier molecular flexibility index (Phi) is 6.33. The standard InChI is InChI=1S/C15H22F3NO/c1-11(2)19-9-8-12(3)10-13-4-6-14(7-5-13)20-15(16,17)18/h4-7,11-12,19H,8-10H2,1-3H3. The second kappa shape index (κ2) is 7.53. The minimum absolute atomic E-state index is 0.171. The molecule has 1 atom stereocenters. The molecule has 1 N–H and O–H groups in total. The van der Waals surface area contributed by atoms with E-state index in [0.717, 1.165) is 24.9 Å². The van der Waals surface area contributed by atoms with Gasteiger partial charge >= 0.3 is 6.36 Å². The molecule has 1 aromatic carbocycles. The van der Waals surface area contributed by atoms with Gasteiger partial charge in [-0.2, -0.15) is 0 Å². The Morgan fingerprint density at radius 1 is 1.10 bits per heavy atom. The van der Waals surface area contributed by atoms with Crippen molar-refractivity contribution in [3.8, 4) is 5.75 Å². The maximum Gasteiger partial charge on any atom is 0.573 e. The van der Waals surface area contributed by atoms with Gasteiger partial charge in [-0.3, -0.25) is 0 Å². The molecule has 0 aliphatic heterocycles. The molecule has 0 aliphatic rings. The molecule has 0 saturated heterocycles. The van der Waals surface area contributed by atoms with Gasteiger partial charge in [-0.05, 0) is 43.0 Å². The van der Waals surface area contributed by atoms with Gasteiger partial charge < -0.3 is 10.1 Å². The molecule has 20 heavy (non-hydrogen) atoms. The van der Waals surface area contributed by atoms with Gasteiger partial charge in [-0.1, -0.05) is 32.9 Å². The summed E-state index contributed by atoms with van der Waals surface area (Å²) in [6.45, 7) is 7.30.